The van der Waals surface area contributed by atoms with E-state index >= 15 is 0 Å². The summed E-state index contributed by atoms with van der Waals surface area (Å²) in [6, 6.07) is 24.6. The summed E-state index contributed by atoms with van der Waals surface area (Å²) in [4.78, 5) is 28.5. The van der Waals surface area contributed by atoms with E-state index in [1.165, 1.54) is 0 Å². The number of hydrogen-bond acceptors (Lipinski definition) is 3. The summed E-state index contributed by atoms with van der Waals surface area (Å²) in [6.45, 7) is 6.04. The molecule has 6 heteroatoms. The second-order valence-corrected chi connectivity index (χ2v) is 9.81. The van der Waals surface area contributed by atoms with E-state index < -0.39 is 6.04 Å². The number of carbonyl (C=O) groups excluding carboxylic acids is 2. The number of halogens is 1. The molecule has 0 saturated heterocycles. The standard InChI is InChI=1S/C28H31IN2O3/c1-20(2)30-28(33)26(17-22-10-5-4-6-11-22)31(18-23-12-8-7-9-21(23)3)27(32)19-34-25-15-13-24(29)14-16-25/h4-16,20,26H,17-19H2,1-3H3,(H,30,33)/t26-/m0/s1. The molecule has 34 heavy (non-hydrogen) atoms. The molecule has 3 rings (SSSR count). The van der Waals surface area contributed by atoms with Crippen LogP contribution in [0.2, 0.25) is 0 Å². The fourth-order valence-corrected chi connectivity index (χ4v) is 4.02. The number of nitrogens with zero attached hydrogens (tertiary/aromatic N) is 1. The first-order valence-electron chi connectivity index (χ1n) is 11.4. The van der Waals surface area contributed by atoms with Crippen LogP contribution in [0.4, 0.5) is 0 Å². The molecule has 0 spiro atoms. The van der Waals surface area contributed by atoms with Gasteiger partial charge in [0.25, 0.3) is 5.91 Å². The largest absolute Gasteiger partial charge is 0.484 e. The van der Waals surface area contributed by atoms with E-state index in [4.69, 9.17) is 4.74 Å². The average molecular weight is 570 g/mol. The van der Waals surface area contributed by atoms with Crippen LogP contribution in [0.1, 0.15) is 30.5 Å². The number of ether oxygens (including phenoxy) is 1. The zero-order valence-electron chi connectivity index (χ0n) is 19.8. The quantitative estimate of drug-likeness (QED) is 0.344. The van der Waals surface area contributed by atoms with Gasteiger partial charge in [-0.2, -0.15) is 0 Å². The van der Waals surface area contributed by atoms with Crippen molar-refractivity contribution in [3.63, 3.8) is 0 Å². The van der Waals surface area contributed by atoms with Gasteiger partial charge < -0.3 is 15.0 Å². The third kappa shape index (κ3) is 7.58. The van der Waals surface area contributed by atoms with Crippen LogP contribution < -0.4 is 10.1 Å². The zero-order chi connectivity index (χ0) is 24.5. The Morgan fingerprint density at radius 1 is 0.941 bits per heavy atom. The van der Waals surface area contributed by atoms with Crippen molar-refractivity contribution in [3.05, 3.63) is 99.1 Å². The lowest BCUT2D eigenvalue weighted by atomic mass is 10.0. The molecule has 0 bridgehead atoms. The smallest absolute Gasteiger partial charge is 0.261 e. The van der Waals surface area contributed by atoms with E-state index in [1.807, 2.05) is 99.6 Å². The summed E-state index contributed by atoms with van der Waals surface area (Å²) < 4.78 is 6.90. The lowest BCUT2D eigenvalue weighted by Gasteiger charge is -2.32. The van der Waals surface area contributed by atoms with Gasteiger partial charge in [0.15, 0.2) is 6.61 Å². The normalized spacial score (nSPS) is 11.7. The number of rotatable bonds is 10. The lowest BCUT2D eigenvalue weighted by molar-refractivity contribution is -0.143. The average Bonchev–Trinajstić information content (AvgIpc) is 2.82. The zero-order valence-corrected chi connectivity index (χ0v) is 22.0. The maximum Gasteiger partial charge on any atom is 0.261 e. The molecular formula is C28H31IN2O3. The van der Waals surface area contributed by atoms with Crippen LogP contribution in [0, 0.1) is 10.5 Å². The Bertz CT molecular complexity index is 1080. The molecule has 2 amide bonds. The predicted octanol–water partition coefficient (Wildman–Crippen LogP) is 5.14. The first-order valence-corrected chi connectivity index (χ1v) is 12.5. The topological polar surface area (TPSA) is 58.6 Å². The molecule has 0 aliphatic rings. The van der Waals surface area contributed by atoms with Crippen molar-refractivity contribution in [2.45, 2.75) is 45.8 Å². The minimum atomic E-state index is -0.669. The van der Waals surface area contributed by atoms with Gasteiger partial charge in [-0.15, -0.1) is 0 Å². The molecule has 3 aromatic carbocycles. The molecule has 178 valence electrons. The number of aryl methyl sites for hydroxylation is 1. The van der Waals surface area contributed by atoms with E-state index in [9.17, 15) is 9.59 Å². The summed E-state index contributed by atoms with van der Waals surface area (Å²) in [7, 11) is 0. The first-order chi connectivity index (χ1) is 16.3. The molecule has 0 aromatic heterocycles. The van der Waals surface area contributed by atoms with Gasteiger partial charge >= 0.3 is 0 Å². The van der Waals surface area contributed by atoms with E-state index in [0.717, 1.165) is 20.3 Å². The Hall–Kier alpha value is -2.87. The van der Waals surface area contributed by atoms with Crippen molar-refractivity contribution in [2.75, 3.05) is 6.61 Å². The fraction of sp³-hybridized carbons (Fsp3) is 0.286. The van der Waals surface area contributed by atoms with E-state index in [-0.39, 0.29) is 24.5 Å². The Balaban J connectivity index is 1.91. The van der Waals surface area contributed by atoms with Crippen LogP contribution in [-0.4, -0.2) is 35.4 Å². The highest BCUT2D eigenvalue weighted by molar-refractivity contribution is 14.1. The van der Waals surface area contributed by atoms with E-state index in [0.29, 0.717) is 18.7 Å². The van der Waals surface area contributed by atoms with Crippen LogP contribution in [0.5, 0.6) is 5.75 Å². The van der Waals surface area contributed by atoms with Crippen LogP contribution in [-0.2, 0) is 22.6 Å². The van der Waals surface area contributed by atoms with Gasteiger partial charge in [-0.1, -0.05) is 54.6 Å². The highest BCUT2D eigenvalue weighted by atomic mass is 127. The number of hydrogen-bond donors (Lipinski definition) is 1. The van der Waals surface area contributed by atoms with Crippen LogP contribution in [0.15, 0.2) is 78.9 Å². The number of benzene rings is 3. The number of carbonyl (C=O) groups is 2. The van der Waals surface area contributed by atoms with Crippen molar-refractivity contribution >= 4 is 34.4 Å². The second kappa shape index (κ2) is 12.6. The third-order valence-corrected chi connectivity index (χ3v) is 6.20. The SMILES string of the molecule is Cc1ccccc1CN(C(=O)COc1ccc(I)cc1)[C@@H](Cc1ccccc1)C(=O)NC(C)C. The van der Waals surface area contributed by atoms with Gasteiger partial charge in [-0.25, -0.2) is 0 Å². The van der Waals surface area contributed by atoms with Gasteiger partial charge in [0, 0.05) is 22.6 Å². The highest BCUT2D eigenvalue weighted by Crippen LogP contribution is 2.18. The molecule has 5 nitrogen and oxygen atoms in total. The van der Waals surface area contributed by atoms with Gasteiger partial charge in [0.1, 0.15) is 11.8 Å². The summed E-state index contributed by atoms with van der Waals surface area (Å²) in [5.41, 5.74) is 3.06. The fourth-order valence-electron chi connectivity index (χ4n) is 3.66. The van der Waals surface area contributed by atoms with Crippen molar-refractivity contribution in [3.8, 4) is 5.75 Å². The van der Waals surface area contributed by atoms with Crippen molar-refractivity contribution in [2.24, 2.45) is 0 Å². The molecular weight excluding hydrogens is 539 g/mol. The van der Waals surface area contributed by atoms with Crippen molar-refractivity contribution < 1.29 is 14.3 Å². The van der Waals surface area contributed by atoms with E-state index in [1.54, 1.807) is 4.90 Å². The summed E-state index contributed by atoms with van der Waals surface area (Å²) in [6.07, 6.45) is 0.417. The molecule has 1 N–H and O–H groups in total. The minimum absolute atomic E-state index is 0.0378. The molecule has 0 aliphatic heterocycles. The summed E-state index contributed by atoms with van der Waals surface area (Å²) >= 11 is 2.22. The molecule has 0 heterocycles. The molecule has 1 atom stereocenters. The molecule has 0 saturated carbocycles. The molecule has 0 radical (unpaired) electrons. The molecule has 3 aromatic rings. The molecule has 0 aliphatic carbocycles. The second-order valence-electron chi connectivity index (χ2n) is 8.56. The first kappa shape index (κ1) is 25.7. The third-order valence-electron chi connectivity index (χ3n) is 5.48. The van der Waals surface area contributed by atoms with Gasteiger partial charge in [-0.05, 0) is 84.3 Å². The Labute approximate surface area is 215 Å². The monoisotopic (exact) mass is 570 g/mol. The number of amides is 2. The van der Waals surface area contributed by atoms with E-state index in [2.05, 4.69) is 27.9 Å². The Morgan fingerprint density at radius 3 is 2.24 bits per heavy atom. The van der Waals surface area contributed by atoms with Gasteiger partial charge in [0.2, 0.25) is 5.91 Å². The van der Waals surface area contributed by atoms with Crippen LogP contribution in [0.25, 0.3) is 0 Å². The Morgan fingerprint density at radius 2 is 1.59 bits per heavy atom. The minimum Gasteiger partial charge on any atom is -0.484 e. The van der Waals surface area contributed by atoms with Crippen molar-refractivity contribution in [1.29, 1.82) is 0 Å². The Kier molecular flexibility index (Phi) is 9.51. The summed E-state index contributed by atoms with van der Waals surface area (Å²) in [5, 5.41) is 3.00. The lowest BCUT2D eigenvalue weighted by Crippen LogP contribution is -2.52. The van der Waals surface area contributed by atoms with Crippen LogP contribution in [0.3, 0.4) is 0 Å². The maximum absolute atomic E-state index is 13.5. The summed E-state index contributed by atoms with van der Waals surface area (Å²) in [5.74, 6) is 0.215. The highest BCUT2D eigenvalue weighted by Gasteiger charge is 2.31. The molecule has 0 fully saturated rings. The molecule has 0 unspecified atom stereocenters. The number of nitrogens with one attached hydrogen (secondary N) is 1. The van der Waals surface area contributed by atoms with Gasteiger partial charge in [0.05, 0.1) is 0 Å². The maximum atomic E-state index is 13.5. The predicted molar refractivity (Wildman–Crippen MR) is 144 cm³/mol. The van der Waals surface area contributed by atoms with Crippen LogP contribution >= 0.6 is 22.6 Å². The van der Waals surface area contributed by atoms with Crippen molar-refractivity contribution in [1.82, 2.24) is 10.2 Å². The van der Waals surface area contributed by atoms with Gasteiger partial charge in [-0.3, -0.25) is 9.59 Å².